The number of aromatic amines is 2. The number of benzene rings is 2. The molecule has 7 heteroatoms. The minimum absolute atomic E-state index is 0.415. The molecule has 0 aliphatic carbocycles. The first-order chi connectivity index (χ1) is 12.7. The molecule has 0 saturated carbocycles. The smallest absolute Gasteiger partial charge is 0.216 e. The molecule has 2 N–H and O–H groups in total. The second kappa shape index (κ2) is 6.89. The second-order valence-corrected chi connectivity index (χ2v) is 6.22. The first-order valence-corrected chi connectivity index (χ1v) is 8.51. The van der Waals surface area contributed by atoms with Gasteiger partial charge in [-0.05, 0) is 41.9 Å². The van der Waals surface area contributed by atoms with Gasteiger partial charge in [0.1, 0.15) is 5.69 Å². The molecule has 0 spiro atoms. The Kier molecular flexibility index (Phi) is 4.28. The molecule has 128 valence electrons. The molecule has 4 aromatic rings. The van der Waals surface area contributed by atoms with Gasteiger partial charge in [0, 0.05) is 5.69 Å². The first kappa shape index (κ1) is 16.2. The number of nitrogens with zero attached hydrogens (tertiary/aromatic N) is 4. The van der Waals surface area contributed by atoms with Crippen LogP contribution in [0.1, 0.15) is 11.3 Å². The number of nitrogens with one attached hydrogen (secondary N) is 2. The minimum Gasteiger partial charge on any atom is -0.282 e. The zero-order chi connectivity index (χ0) is 17.9. The van der Waals surface area contributed by atoms with Crippen LogP contribution in [0.3, 0.4) is 0 Å². The molecule has 2 aromatic carbocycles. The largest absolute Gasteiger partial charge is 0.282 e. The topological polar surface area (TPSA) is 74.7 Å². The van der Waals surface area contributed by atoms with E-state index >= 15 is 0 Å². The molecule has 0 aliphatic heterocycles. The number of hydrogen-bond acceptors (Lipinski definition) is 4. The molecule has 0 unspecified atom stereocenters. The van der Waals surface area contributed by atoms with E-state index in [2.05, 4.69) is 49.8 Å². The molecule has 0 saturated heterocycles. The first-order valence-electron chi connectivity index (χ1n) is 8.10. The fourth-order valence-corrected chi connectivity index (χ4v) is 2.79. The van der Waals surface area contributed by atoms with Gasteiger partial charge in [0.05, 0.1) is 6.21 Å². The van der Waals surface area contributed by atoms with Crippen LogP contribution in [0.2, 0.25) is 0 Å². The summed E-state index contributed by atoms with van der Waals surface area (Å²) >= 11 is 5.27. The maximum atomic E-state index is 5.27. The van der Waals surface area contributed by atoms with E-state index in [1.165, 1.54) is 5.56 Å². The van der Waals surface area contributed by atoms with E-state index in [4.69, 9.17) is 12.2 Å². The van der Waals surface area contributed by atoms with Crippen molar-refractivity contribution in [2.24, 2.45) is 5.10 Å². The van der Waals surface area contributed by atoms with Crippen LogP contribution in [0.25, 0.3) is 22.6 Å². The third-order valence-corrected chi connectivity index (χ3v) is 4.19. The van der Waals surface area contributed by atoms with E-state index in [1.807, 2.05) is 43.3 Å². The Hall–Kier alpha value is -3.32. The predicted molar refractivity (Wildman–Crippen MR) is 105 cm³/mol. The van der Waals surface area contributed by atoms with Gasteiger partial charge < -0.3 is 0 Å². The van der Waals surface area contributed by atoms with Gasteiger partial charge in [-0.15, -0.1) is 0 Å². The number of aromatic nitrogens is 5. The molecule has 0 atom stereocenters. The Morgan fingerprint density at radius 3 is 2.38 bits per heavy atom. The summed E-state index contributed by atoms with van der Waals surface area (Å²) in [4.78, 5) is 0. The van der Waals surface area contributed by atoms with Crippen LogP contribution in [0, 0.1) is 11.7 Å². The van der Waals surface area contributed by atoms with Gasteiger partial charge in [-0.2, -0.15) is 20.0 Å². The lowest BCUT2D eigenvalue weighted by atomic mass is 10.0. The molecule has 0 fully saturated rings. The summed E-state index contributed by atoms with van der Waals surface area (Å²) in [6.45, 7) is 1.93. The van der Waals surface area contributed by atoms with Gasteiger partial charge in [-0.3, -0.25) is 5.10 Å². The molecule has 6 nitrogen and oxygen atoms in total. The Morgan fingerprint density at radius 1 is 0.962 bits per heavy atom. The maximum Gasteiger partial charge on any atom is 0.216 e. The van der Waals surface area contributed by atoms with Crippen molar-refractivity contribution < 1.29 is 0 Å². The SMILES string of the molecule is Cc1cc(-c2n[nH]c(=S)n2/N=C\c2ccc(-c3ccccc3)cc2)n[nH]1. The van der Waals surface area contributed by atoms with Crippen LogP contribution in [0.15, 0.2) is 65.8 Å². The highest BCUT2D eigenvalue weighted by molar-refractivity contribution is 7.71. The monoisotopic (exact) mass is 360 g/mol. The molecule has 0 radical (unpaired) electrons. The number of aryl methyl sites for hydroxylation is 1. The second-order valence-electron chi connectivity index (χ2n) is 5.83. The van der Waals surface area contributed by atoms with E-state index in [0.717, 1.165) is 16.8 Å². The summed E-state index contributed by atoms with van der Waals surface area (Å²) < 4.78 is 1.98. The van der Waals surface area contributed by atoms with Crippen LogP contribution >= 0.6 is 12.2 Å². The Balaban J connectivity index is 1.61. The lowest BCUT2D eigenvalue weighted by Gasteiger charge is -2.02. The fraction of sp³-hybridized carbons (Fsp3) is 0.0526. The average Bonchev–Trinajstić information content (AvgIpc) is 3.26. The minimum atomic E-state index is 0.415. The molecule has 2 heterocycles. The highest BCUT2D eigenvalue weighted by Gasteiger charge is 2.10. The van der Waals surface area contributed by atoms with E-state index in [-0.39, 0.29) is 0 Å². The normalized spacial score (nSPS) is 11.3. The Bertz CT molecular complexity index is 1100. The van der Waals surface area contributed by atoms with Crippen LogP contribution in [0.5, 0.6) is 0 Å². The molecule has 0 bridgehead atoms. The molecule has 0 amide bonds. The third kappa shape index (κ3) is 3.25. The van der Waals surface area contributed by atoms with Gasteiger partial charge in [-0.25, -0.2) is 5.10 Å². The van der Waals surface area contributed by atoms with Crippen molar-refractivity contribution in [2.75, 3.05) is 0 Å². The van der Waals surface area contributed by atoms with Crippen molar-refractivity contribution in [2.45, 2.75) is 6.92 Å². The summed E-state index contributed by atoms with van der Waals surface area (Å²) in [6.07, 6.45) is 1.75. The molecule has 0 aliphatic rings. The summed E-state index contributed by atoms with van der Waals surface area (Å²) in [5.41, 5.74) is 4.95. The van der Waals surface area contributed by atoms with E-state index < -0.39 is 0 Å². The van der Waals surface area contributed by atoms with Crippen molar-refractivity contribution in [3.05, 3.63) is 76.7 Å². The maximum absolute atomic E-state index is 5.27. The van der Waals surface area contributed by atoms with E-state index in [9.17, 15) is 0 Å². The lowest BCUT2D eigenvalue weighted by Crippen LogP contribution is -1.95. The number of rotatable bonds is 4. The highest BCUT2D eigenvalue weighted by Crippen LogP contribution is 2.19. The quantitative estimate of drug-likeness (QED) is 0.423. The Morgan fingerprint density at radius 2 is 1.69 bits per heavy atom. The third-order valence-electron chi connectivity index (χ3n) is 3.93. The zero-order valence-electron chi connectivity index (χ0n) is 14.0. The standard InChI is InChI=1S/C19H16N6S/c1-13-11-17(22-21-13)18-23-24-19(26)25(18)20-12-14-7-9-16(10-8-14)15-5-3-2-4-6-15/h2-12H,1H3,(H,21,22)(H,24,26)/b20-12-. The summed E-state index contributed by atoms with van der Waals surface area (Å²) in [5.74, 6) is 0.566. The van der Waals surface area contributed by atoms with Crippen molar-refractivity contribution >= 4 is 18.4 Å². The molecular formula is C19H16N6S. The van der Waals surface area contributed by atoms with Gasteiger partial charge in [0.15, 0.2) is 0 Å². The van der Waals surface area contributed by atoms with Crippen molar-refractivity contribution in [1.82, 2.24) is 25.1 Å². The van der Waals surface area contributed by atoms with E-state index in [1.54, 1.807) is 10.9 Å². The van der Waals surface area contributed by atoms with Crippen LogP contribution in [-0.2, 0) is 0 Å². The average molecular weight is 360 g/mol. The fourth-order valence-electron chi connectivity index (χ4n) is 2.61. The van der Waals surface area contributed by atoms with Crippen LogP contribution in [-0.4, -0.2) is 31.3 Å². The molecule has 2 aromatic heterocycles. The highest BCUT2D eigenvalue weighted by atomic mass is 32.1. The summed E-state index contributed by atoms with van der Waals surface area (Å²) in [7, 11) is 0. The summed E-state index contributed by atoms with van der Waals surface area (Å²) in [6, 6.07) is 20.3. The zero-order valence-corrected chi connectivity index (χ0v) is 14.9. The van der Waals surface area contributed by atoms with Crippen LogP contribution < -0.4 is 0 Å². The molecule has 26 heavy (non-hydrogen) atoms. The van der Waals surface area contributed by atoms with Gasteiger partial charge >= 0.3 is 0 Å². The molecular weight excluding hydrogens is 344 g/mol. The predicted octanol–water partition coefficient (Wildman–Crippen LogP) is 4.19. The van der Waals surface area contributed by atoms with Crippen molar-refractivity contribution in [3.8, 4) is 22.6 Å². The van der Waals surface area contributed by atoms with Gasteiger partial charge in [0.25, 0.3) is 0 Å². The summed E-state index contributed by atoms with van der Waals surface area (Å²) in [5, 5.41) is 18.5. The number of hydrogen-bond donors (Lipinski definition) is 2. The van der Waals surface area contributed by atoms with E-state index in [0.29, 0.717) is 16.3 Å². The van der Waals surface area contributed by atoms with Crippen LogP contribution in [0.4, 0.5) is 0 Å². The van der Waals surface area contributed by atoms with Gasteiger partial charge in [-0.1, -0.05) is 54.6 Å². The lowest BCUT2D eigenvalue weighted by molar-refractivity contribution is 0.865. The van der Waals surface area contributed by atoms with Crippen molar-refractivity contribution in [3.63, 3.8) is 0 Å². The van der Waals surface area contributed by atoms with Crippen molar-refractivity contribution in [1.29, 1.82) is 0 Å². The number of H-pyrrole nitrogens is 2. The van der Waals surface area contributed by atoms with Gasteiger partial charge in [0.2, 0.25) is 10.6 Å². The molecule has 4 rings (SSSR count). The Labute approximate surface area is 155 Å².